The summed E-state index contributed by atoms with van der Waals surface area (Å²) >= 11 is 0. The van der Waals surface area contributed by atoms with E-state index in [9.17, 15) is 4.79 Å². The van der Waals surface area contributed by atoms with E-state index in [1.165, 1.54) is 0 Å². The first-order valence-corrected chi connectivity index (χ1v) is 4.13. The molecule has 0 aliphatic carbocycles. The minimum Gasteiger partial charge on any atom is -0.481 e. The molecule has 0 spiro atoms. The normalized spacial score (nSPS) is 13.8. The number of hydrogen-bond donors (Lipinski definition) is 1. The van der Waals surface area contributed by atoms with Crippen LogP contribution < -0.4 is 0 Å². The van der Waals surface area contributed by atoms with Crippen LogP contribution in [0.2, 0.25) is 0 Å². The van der Waals surface area contributed by atoms with Gasteiger partial charge < -0.3 is 5.11 Å². The second-order valence-corrected chi connectivity index (χ2v) is 4.43. The predicted molar refractivity (Wildman–Crippen MR) is 50.0 cm³/mol. The first kappa shape index (κ1) is 11.2. The van der Waals surface area contributed by atoms with Gasteiger partial charge in [-0.2, -0.15) is 0 Å². The molecule has 70 valence electrons. The molecule has 0 saturated carbocycles. The van der Waals surface area contributed by atoms with E-state index in [0.717, 1.165) is 5.57 Å². The zero-order valence-corrected chi connectivity index (χ0v) is 8.51. The standard InChI is InChI=1S/C10H18O2/c1-7(2)6-8(9(11)12)10(3,4)5/h6,8H,1-5H3,(H,11,12). The molecule has 2 heteroatoms. The summed E-state index contributed by atoms with van der Waals surface area (Å²) in [7, 11) is 0. The van der Waals surface area contributed by atoms with Gasteiger partial charge in [0.2, 0.25) is 0 Å². The van der Waals surface area contributed by atoms with Crippen LogP contribution in [0.25, 0.3) is 0 Å². The topological polar surface area (TPSA) is 37.3 Å². The highest BCUT2D eigenvalue weighted by Crippen LogP contribution is 2.28. The number of carboxylic acid groups (broad SMARTS) is 1. The van der Waals surface area contributed by atoms with Gasteiger partial charge in [0.05, 0.1) is 5.92 Å². The molecule has 1 N–H and O–H groups in total. The highest BCUT2D eigenvalue weighted by Gasteiger charge is 2.28. The Balaban J connectivity index is 4.70. The summed E-state index contributed by atoms with van der Waals surface area (Å²) in [5.41, 5.74) is 0.848. The molecule has 0 rings (SSSR count). The molecule has 12 heavy (non-hydrogen) atoms. The van der Waals surface area contributed by atoms with Gasteiger partial charge in [0.15, 0.2) is 0 Å². The first-order chi connectivity index (χ1) is 5.25. The van der Waals surface area contributed by atoms with Gasteiger partial charge in [-0.05, 0) is 19.3 Å². The Morgan fingerprint density at radius 2 is 1.75 bits per heavy atom. The summed E-state index contributed by atoms with van der Waals surface area (Å²) in [6.45, 7) is 9.64. The van der Waals surface area contributed by atoms with Gasteiger partial charge in [-0.1, -0.05) is 32.4 Å². The van der Waals surface area contributed by atoms with Crippen molar-refractivity contribution in [2.24, 2.45) is 11.3 Å². The molecule has 0 aromatic heterocycles. The van der Waals surface area contributed by atoms with Crippen LogP contribution in [-0.2, 0) is 4.79 Å². The zero-order chi connectivity index (χ0) is 9.94. The average molecular weight is 170 g/mol. The summed E-state index contributed by atoms with van der Waals surface area (Å²) in [4.78, 5) is 10.8. The Hall–Kier alpha value is -0.790. The van der Waals surface area contributed by atoms with Gasteiger partial charge in [0.1, 0.15) is 0 Å². The van der Waals surface area contributed by atoms with E-state index in [-0.39, 0.29) is 11.3 Å². The van der Waals surface area contributed by atoms with Crippen LogP contribution in [0, 0.1) is 11.3 Å². The summed E-state index contributed by atoms with van der Waals surface area (Å²) in [6.07, 6.45) is 1.81. The van der Waals surface area contributed by atoms with Gasteiger partial charge in [0.25, 0.3) is 0 Å². The number of allylic oxidation sites excluding steroid dienone is 1. The van der Waals surface area contributed by atoms with Crippen LogP contribution in [0.5, 0.6) is 0 Å². The summed E-state index contributed by atoms with van der Waals surface area (Å²) < 4.78 is 0. The summed E-state index contributed by atoms with van der Waals surface area (Å²) in [5.74, 6) is -1.13. The fraction of sp³-hybridized carbons (Fsp3) is 0.700. The summed E-state index contributed by atoms with van der Waals surface area (Å²) in [5, 5.41) is 8.91. The van der Waals surface area contributed by atoms with Crippen LogP contribution in [-0.4, -0.2) is 11.1 Å². The van der Waals surface area contributed by atoms with Crippen molar-refractivity contribution in [3.05, 3.63) is 11.6 Å². The second kappa shape index (κ2) is 3.74. The first-order valence-electron chi connectivity index (χ1n) is 4.13. The third-order valence-corrected chi connectivity index (χ3v) is 1.70. The zero-order valence-electron chi connectivity index (χ0n) is 8.51. The van der Waals surface area contributed by atoms with Crippen LogP contribution in [0.4, 0.5) is 0 Å². The SMILES string of the molecule is CC(C)=CC(C(=O)O)C(C)(C)C. The minimum absolute atomic E-state index is 0.205. The van der Waals surface area contributed by atoms with Crippen LogP contribution in [0.1, 0.15) is 34.6 Å². The third-order valence-electron chi connectivity index (χ3n) is 1.70. The number of aliphatic carboxylic acids is 1. The molecule has 0 amide bonds. The Morgan fingerprint density at radius 3 is 1.83 bits per heavy atom. The lowest BCUT2D eigenvalue weighted by molar-refractivity contribution is -0.143. The highest BCUT2D eigenvalue weighted by atomic mass is 16.4. The van der Waals surface area contributed by atoms with E-state index in [1.807, 2.05) is 40.7 Å². The van der Waals surface area contributed by atoms with Crippen LogP contribution >= 0.6 is 0 Å². The molecule has 1 unspecified atom stereocenters. The highest BCUT2D eigenvalue weighted by molar-refractivity contribution is 5.73. The molecule has 0 aromatic rings. The van der Waals surface area contributed by atoms with Crippen molar-refractivity contribution >= 4 is 5.97 Å². The summed E-state index contributed by atoms with van der Waals surface area (Å²) in [6, 6.07) is 0. The molecule has 0 aliphatic heterocycles. The lowest BCUT2D eigenvalue weighted by Gasteiger charge is -2.24. The fourth-order valence-electron chi connectivity index (χ4n) is 1.03. The maximum atomic E-state index is 10.8. The van der Waals surface area contributed by atoms with Crippen LogP contribution in [0.3, 0.4) is 0 Å². The smallest absolute Gasteiger partial charge is 0.310 e. The molecule has 0 aliphatic rings. The Kier molecular flexibility index (Phi) is 3.50. The molecule has 0 aromatic carbocycles. The Morgan fingerprint density at radius 1 is 1.33 bits per heavy atom. The van der Waals surface area contributed by atoms with E-state index < -0.39 is 5.97 Å². The average Bonchev–Trinajstić information content (AvgIpc) is 1.79. The number of carboxylic acids is 1. The second-order valence-electron chi connectivity index (χ2n) is 4.43. The number of carbonyl (C=O) groups is 1. The third kappa shape index (κ3) is 3.56. The quantitative estimate of drug-likeness (QED) is 0.647. The molecule has 0 heterocycles. The van der Waals surface area contributed by atoms with Crippen molar-refractivity contribution in [3.63, 3.8) is 0 Å². The molecular weight excluding hydrogens is 152 g/mol. The predicted octanol–water partition coefficient (Wildman–Crippen LogP) is 2.70. The number of rotatable bonds is 2. The van der Waals surface area contributed by atoms with E-state index in [1.54, 1.807) is 0 Å². The maximum Gasteiger partial charge on any atom is 0.310 e. The van der Waals surface area contributed by atoms with Crippen molar-refractivity contribution in [1.29, 1.82) is 0 Å². The molecule has 0 bridgehead atoms. The van der Waals surface area contributed by atoms with Gasteiger partial charge in [-0.15, -0.1) is 0 Å². The van der Waals surface area contributed by atoms with E-state index in [2.05, 4.69) is 0 Å². The maximum absolute atomic E-state index is 10.8. The van der Waals surface area contributed by atoms with Crippen molar-refractivity contribution in [2.45, 2.75) is 34.6 Å². The molecule has 0 saturated heterocycles. The van der Waals surface area contributed by atoms with Gasteiger partial charge in [-0.25, -0.2) is 0 Å². The van der Waals surface area contributed by atoms with E-state index in [4.69, 9.17) is 5.11 Å². The molecule has 2 nitrogen and oxygen atoms in total. The van der Waals surface area contributed by atoms with Crippen molar-refractivity contribution < 1.29 is 9.90 Å². The minimum atomic E-state index is -0.747. The van der Waals surface area contributed by atoms with Gasteiger partial charge in [0, 0.05) is 0 Å². The Bertz CT molecular complexity index is 192. The van der Waals surface area contributed by atoms with Crippen molar-refractivity contribution in [1.82, 2.24) is 0 Å². The largest absolute Gasteiger partial charge is 0.481 e. The van der Waals surface area contributed by atoms with Gasteiger partial charge >= 0.3 is 5.97 Å². The molecule has 1 atom stereocenters. The fourth-order valence-corrected chi connectivity index (χ4v) is 1.03. The monoisotopic (exact) mass is 170 g/mol. The van der Waals surface area contributed by atoms with E-state index in [0.29, 0.717) is 0 Å². The lowest BCUT2D eigenvalue weighted by atomic mass is 9.80. The van der Waals surface area contributed by atoms with Crippen LogP contribution in [0.15, 0.2) is 11.6 Å². The number of hydrogen-bond acceptors (Lipinski definition) is 1. The lowest BCUT2D eigenvalue weighted by Crippen LogP contribution is -2.26. The molecule has 0 fully saturated rings. The van der Waals surface area contributed by atoms with Gasteiger partial charge in [-0.3, -0.25) is 4.79 Å². The molecule has 0 radical (unpaired) electrons. The van der Waals surface area contributed by atoms with E-state index >= 15 is 0 Å². The van der Waals surface area contributed by atoms with Crippen molar-refractivity contribution in [2.75, 3.05) is 0 Å². The molecular formula is C10H18O2. The van der Waals surface area contributed by atoms with Crippen molar-refractivity contribution in [3.8, 4) is 0 Å². The Labute approximate surface area is 74.3 Å².